The number of halogens is 2. The number of fused-ring (bicyclic) bond motifs is 2. The largest absolute Gasteiger partial charge is 0.359 e. The number of amides is 1. The minimum absolute atomic E-state index is 0.0198. The van der Waals surface area contributed by atoms with E-state index in [0.717, 1.165) is 36.6 Å². The van der Waals surface area contributed by atoms with Gasteiger partial charge < -0.3 is 14.9 Å². The lowest BCUT2D eigenvalue weighted by Gasteiger charge is -2.31. The van der Waals surface area contributed by atoms with Gasteiger partial charge in [-0.3, -0.25) is 4.79 Å². The van der Waals surface area contributed by atoms with E-state index in [1.807, 2.05) is 4.57 Å². The molecule has 1 saturated carbocycles. The van der Waals surface area contributed by atoms with Crippen LogP contribution in [0.25, 0.3) is 33.5 Å². The van der Waals surface area contributed by atoms with Crippen LogP contribution in [0, 0.1) is 11.7 Å². The number of aromatic amines is 1. The molecule has 0 aromatic carbocycles. The highest BCUT2D eigenvalue weighted by molar-refractivity contribution is 6.31. The second-order valence-corrected chi connectivity index (χ2v) is 8.08. The average molecular weight is 427 g/mol. The Kier molecular flexibility index (Phi) is 4.66. The molecule has 1 amide bonds. The average Bonchev–Trinajstić information content (AvgIpc) is 3.33. The molecule has 0 spiro atoms. The molecule has 0 radical (unpaired) electrons. The van der Waals surface area contributed by atoms with Crippen LogP contribution in [0.5, 0.6) is 0 Å². The highest BCUT2D eigenvalue weighted by atomic mass is 35.5. The summed E-state index contributed by atoms with van der Waals surface area (Å²) in [5.41, 5.74) is 1.90. The molecule has 0 unspecified atom stereocenters. The van der Waals surface area contributed by atoms with Gasteiger partial charge in [-0.25, -0.2) is 19.3 Å². The first-order valence-electron chi connectivity index (χ1n) is 9.94. The summed E-state index contributed by atoms with van der Waals surface area (Å²) in [4.78, 5) is 28.9. The molecule has 1 fully saturated rings. The third-order valence-corrected chi connectivity index (χ3v) is 6.14. The Labute approximate surface area is 176 Å². The lowest BCUT2D eigenvalue weighted by atomic mass is 9.83. The number of H-pyrrole nitrogens is 1. The zero-order valence-corrected chi connectivity index (χ0v) is 17.1. The minimum Gasteiger partial charge on any atom is -0.359 e. The Balaban J connectivity index is 1.65. The van der Waals surface area contributed by atoms with Gasteiger partial charge in [0, 0.05) is 48.8 Å². The topological polar surface area (TPSA) is 88.5 Å². The second-order valence-electron chi connectivity index (χ2n) is 7.64. The van der Waals surface area contributed by atoms with Gasteiger partial charge in [-0.2, -0.15) is 0 Å². The van der Waals surface area contributed by atoms with Gasteiger partial charge in [-0.05, 0) is 18.9 Å². The Morgan fingerprint density at radius 1 is 1.27 bits per heavy atom. The van der Waals surface area contributed by atoms with Crippen LogP contribution in [0.1, 0.15) is 31.7 Å². The van der Waals surface area contributed by atoms with E-state index in [9.17, 15) is 9.18 Å². The number of nitrogens with one attached hydrogen (secondary N) is 2. The predicted molar refractivity (Wildman–Crippen MR) is 113 cm³/mol. The molecule has 0 saturated heterocycles. The maximum atomic E-state index is 14.7. The number of nitrogens with zero attached hydrogens (tertiary/aromatic N) is 4. The number of aromatic nitrogens is 5. The highest BCUT2D eigenvalue weighted by Gasteiger charge is 2.33. The fraction of sp³-hybridized carbons (Fsp3) is 0.333. The minimum atomic E-state index is -0.388. The van der Waals surface area contributed by atoms with Crippen molar-refractivity contribution in [2.24, 2.45) is 5.92 Å². The number of hydrogen-bond acceptors (Lipinski definition) is 4. The zero-order chi connectivity index (χ0) is 20.8. The van der Waals surface area contributed by atoms with Crippen molar-refractivity contribution in [1.29, 1.82) is 0 Å². The van der Waals surface area contributed by atoms with Gasteiger partial charge in [0.15, 0.2) is 11.6 Å². The van der Waals surface area contributed by atoms with Crippen molar-refractivity contribution in [3.05, 3.63) is 41.7 Å². The van der Waals surface area contributed by atoms with E-state index in [-0.39, 0.29) is 23.7 Å². The van der Waals surface area contributed by atoms with Gasteiger partial charge in [0.25, 0.3) is 0 Å². The third kappa shape index (κ3) is 3.02. The van der Waals surface area contributed by atoms with Crippen molar-refractivity contribution in [3.63, 3.8) is 0 Å². The van der Waals surface area contributed by atoms with Gasteiger partial charge in [0.05, 0.1) is 16.3 Å². The summed E-state index contributed by atoms with van der Waals surface area (Å²) < 4.78 is 16.5. The Morgan fingerprint density at radius 2 is 2.10 bits per heavy atom. The first-order chi connectivity index (χ1) is 14.6. The Morgan fingerprint density at radius 3 is 2.93 bits per heavy atom. The molecule has 1 aliphatic carbocycles. The number of pyridine rings is 1. The zero-order valence-electron chi connectivity index (χ0n) is 16.3. The Hall–Kier alpha value is -3.00. The van der Waals surface area contributed by atoms with Crippen LogP contribution in [0.15, 0.2) is 30.9 Å². The summed E-state index contributed by atoms with van der Waals surface area (Å²) in [6.07, 6.45) is 9.83. The van der Waals surface area contributed by atoms with E-state index in [2.05, 4.69) is 20.3 Å². The van der Waals surface area contributed by atoms with Crippen LogP contribution < -0.4 is 5.32 Å². The number of rotatable bonds is 3. The summed E-state index contributed by atoms with van der Waals surface area (Å²) in [6.45, 7) is 0. The molecule has 5 rings (SSSR count). The van der Waals surface area contributed by atoms with E-state index >= 15 is 0 Å². The molecule has 1 aliphatic rings. The molecule has 4 heterocycles. The van der Waals surface area contributed by atoms with Crippen molar-refractivity contribution < 1.29 is 9.18 Å². The smallest absolute Gasteiger partial charge is 0.224 e. The van der Waals surface area contributed by atoms with Crippen LogP contribution in [0.4, 0.5) is 4.39 Å². The Bertz CT molecular complexity index is 1270. The lowest BCUT2D eigenvalue weighted by molar-refractivity contribution is -0.126. The normalized spacial score (nSPS) is 19.4. The molecule has 7 nitrogen and oxygen atoms in total. The van der Waals surface area contributed by atoms with Crippen LogP contribution in [0.2, 0.25) is 5.02 Å². The van der Waals surface area contributed by atoms with Crippen LogP contribution in [-0.4, -0.2) is 37.5 Å². The van der Waals surface area contributed by atoms with Crippen LogP contribution >= 0.6 is 11.6 Å². The molecular formula is C21H20ClFN6O. The van der Waals surface area contributed by atoms with Crippen molar-refractivity contribution in [2.75, 3.05) is 7.05 Å². The van der Waals surface area contributed by atoms with Crippen molar-refractivity contribution in [3.8, 4) is 11.4 Å². The first-order valence-corrected chi connectivity index (χ1v) is 10.3. The van der Waals surface area contributed by atoms with Gasteiger partial charge in [0.2, 0.25) is 5.91 Å². The molecule has 0 aliphatic heterocycles. The van der Waals surface area contributed by atoms with E-state index in [4.69, 9.17) is 16.6 Å². The fourth-order valence-corrected chi connectivity index (χ4v) is 4.63. The van der Waals surface area contributed by atoms with Crippen molar-refractivity contribution in [2.45, 2.75) is 31.7 Å². The van der Waals surface area contributed by atoms with Gasteiger partial charge in [-0.15, -0.1) is 0 Å². The second kappa shape index (κ2) is 7.36. The van der Waals surface area contributed by atoms with E-state index in [1.54, 1.807) is 25.5 Å². The molecule has 4 aromatic rings. The van der Waals surface area contributed by atoms with Gasteiger partial charge in [-0.1, -0.05) is 24.4 Å². The third-order valence-electron chi connectivity index (χ3n) is 5.93. The molecule has 2 atom stereocenters. The molecule has 4 aromatic heterocycles. The molecule has 30 heavy (non-hydrogen) atoms. The molecule has 154 valence electrons. The molecule has 0 bridgehead atoms. The standard InChI is InChI=1S/C21H20ClFN6O/c1-24-21(30)12-4-2-3-5-17(12)29-10-16(23)15-9-27-19(28-20(15)29)14-8-26-18-13(14)6-11(22)7-25-18/h6-10,12,17H,2-5H2,1H3,(H,24,30)(H,25,26)/t12-,17-/m1/s1. The molecule has 2 N–H and O–H groups in total. The number of hydrogen-bond donors (Lipinski definition) is 2. The summed E-state index contributed by atoms with van der Waals surface area (Å²) in [5.74, 6) is -0.173. The summed E-state index contributed by atoms with van der Waals surface area (Å²) >= 11 is 6.11. The lowest BCUT2D eigenvalue weighted by Crippen LogP contribution is -2.36. The van der Waals surface area contributed by atoms with E-state index in [1.165, 1.54) is 12.4 Å². The number of carbonyl (C=O) groups excluding carboxylic acids is 1. The monoisotopic (exact) mass is 426 g/mol. The highest BCUT2D eigenvalue weighted by Crippen LogP contribution is 2.37. The van der Waals surface area contributed by atoms with Crippen molar-refractivity contribution >= 4 is 39.6 Å². The quantitative estimate of drug-likeness (QED) is 0.512. The molecular weight excluding hydrogens is 407 g/mol. The van der Waals surface area contributed by atoms with E-state index in [0.29, 0.717) is 27.5 Å². The summed E-state index contributed by atoms with van der Waals surface area (Å²) in [5, 5.41) is 4.39. The van der Waals surface area contributed by atoms with Crippen molar-refractivity contribution in [1.82, 2.24) is 29.8 Å². The summed E-state index contributed by atoms with van der Waals surface area (Å²) in [7, 11) is 1.64. The first kappa shape index (κ1) is 19.0. The molecule has 9 heteroatoms. The van der Waals surface area contributed by atoms with E-state index < -0.39 is 0 Å². The van der Waals surface area contributed by atoms with Crippen LogP contribution in [0.3, 0.4) is 0 Å². The van der Waals surface area contributed by atoms with Gasteiger partial charge in [0.1, 0.15) is 11.3 Å². The maximum Gasteiger partial charge on any atom is 0.224 e. The number of carbonyl (C=O) groups is 1. The van der Waals surface area contributed by atoms with Gasteiger partial charge >= 0.3 is 0 Å². The fourth-order valence-electron chi connectivity index (χ4n) is 4.47. The van der Waals surface area contributed by atoms with Crippen LogP contribution in [-0.2, 0) is 4.79 Å². The predicted octanol–water partition coefficient (Wildman–Crippen LogP) is 4.24. The SMILES string of the molecule is CNC(=O)[C@@H]1CCCC[C@H]1n1cc(F)c2cnc(-c3c[nH]c4ncc(Cl)cc34)nc21. The summed E-state index contributed by atoms with van der Waals surface area (Å²) in [6, 6.07) is 1.65. The maximum absolute atomic E-state index is 14.7.